The number of rotatable bonds is 8. The second-order valence-electron chi connectivity index (χ2n) is 31.2. The van der Waals surface area contributed by atoms with E-state index in [1.807, 2.05) is 6.20 Å². The van der Waals surface area contributed by atoms with Crippen LogP contribution in [0.15, 0.2) is 188 Å². The van der Waals surface area contributed by atoms with Crippen molar-refractivity contribution in [1.29, 1.82) is 0 Å². The number of hydrogen-bond acceptors (Lipinski definition) is 3. The fourth-order valence-corrected chi connectivity index (χ4v) is 12.6. The zero-order valence-electron chi connectivity index (χ0n) is 56.3. The van der Waals surface area contributed by atoms with E-state index < -0.39 is 5.82 Å². The molecule has 0 saturated heterocycles. The Labute approximate surface area is 553 Å². The maximum absolute atomic E-state index is 15.2. The van der Waals surface area contributed by atoms with Gasteiger partial charge in [0.05, 0.1) is 27.6 Å². The molecule has 466 valence electrons. The third-order valence-corrected chi connectivity index (χ3v) is 18.1. The number of benzene rings is 9. The largest absolute Gasteiger partial charge is 0.507 e. The molecule has 0 aliphatic heterocycles. The summed E-state index contributed by atoms with van der Waals surface area (Å²) in [4.78, 5) is 10.9. The molecule has 9 aromatic carbocycles. The number of halogens is 1. The van der Waals surface area contributed by atoms with Crippen LogP contribution < -0.4 is 0 Å². The average Bonchev–Trinajstić information content (AvgIpc) is 1.62. The molecule has 3 heterocycles. The van der Waals surface area contributed by atoms with E-state index in [-0.39, 0.29) is 59.3 Å². The molecule has 0 amide bonds. The summed E-state index contributed by atoms with van der Waals surface area (Å²) in [5.41, 5.74) is 22.2. The van der Waals surface area contributed by atoms with Gasteiger partial charge >= 0.3 is 0 Å². The first-order valence-corrected chi connectivity index (χ1v) is 31.9. The molecule has 12 rings (SSSR count). The Bertz CT molecular complexity index is 4720. The molecular weight excluding hydrogens is 1300 g/mol. The molecule has 0 spiro atoms. The number of aromatic nitrogens is 4. The SMILES string of the molecule is CC(C)(C)c1cc(-c2cc(-c3cccc4c5ccccc5n(-c5cc(C(C)(C)C)cc(C(C)(C)C)c5)c34)ccn2)[c-]c(-c2cc(-c3cc(C(C)(C)C)ccc3-c3ccccc3)cc3c2nc(-c2ccc(F)cc2O)n3-c2cc(C(C)(C)C)cc(C(C)(C)C)c2)c1.[Pt]. The Hall–Kier alpha value is -8.18. The zero-order chi connectivity index (χ0) is 64.4. The quantitative estimate of drug-likeness (QED) is 0.154. The van der Waals surface area contributed by atoms with Crippen LogP contribution in [0.2, 0.25) is 0 Å². The minimum Gasteiger partial charge on any atom is -0.507 e. The van der Waals surface area contributed by atoms with Gasteiger partial charge in [-0.25, -0.2) is 9.37 Å². The molecule has 0 aliphatic carbocycles. The molecular formula is C84H86FN4OPt-. The van der Waals surface area contributed by atoms with Crippen LogP contribution in [0.4, 0.5) is 4.39 Å². The minimum atomic E-state index is -0.530. The van der Waals surface area contributed by atoms with E-state index in [9.17, 15) is 5.11 Å². The number of imidazole rings is 1. The van der Waals surface area contributed by atoms with Crippen molar-refractivity contribution < 1.29 is 30.6 Å². The number of nitrogens with zero attached hydrogens (tertiary/aromatic N) is 4. The first-order valence-electron chi connectivity index (χ1n) is 31.9. The standard InChI is InChI=1S/C84H86FN4O.Pt/c1-79(2,3)56-31-33-65(51-25-20-19-21-26-51)70(49-56)54-40-71(76-74(42-54)89(78(87-76)69-34-32-62(85)50-75(69)90)64-47-60(83(13,14)15)44-61(48-64)84(16,17)18)53-37-55(39-57(38-53)80(4,5)6)72-41-52(35-36-86-72)66-28-24-29-68-67-27-22-23-30-73(67)88(77(66)68)63-45-58(81(7,8)9)43-59(46-63)82(10,11)12;/h19-36,38-50,90H,1-18H3;/q-1;. The van der Waals surface area contributed by atoms with Crippen LogP contribution >= 0.6 is 0 Å². The molecule has 0 aliphatic rings. The van der Waals surface area contributed by atoms with Gasteiger partial charge in [0, 0.05) is 66.7 Å². The minimum absolute atomic E-state index is 0. The molecule has 0 atom stereocenters. The molecule has 0 saturated carbocycles. The van der Waals surface area contributed by atoms with E-state index in [0.29, 0.717) is 16.9 Å². The second kappa shape index (κ2) is 23.2. The summed E-state index contributed by atoms with van der Waals surface area (Å²) in [5.74, 6) is -0.233. The third kappa shape index (κ3) is 12.4. The number of phenols is 1. The molecule has 0 bridgehead atoms. The maximum atomic E-state index is 15.2. The van der Waals surface area contributed by atoms with Crippen molar-refractivity contribution in [2.24, 2.45) is 0 Å². The molecule has 7 heteroatoms. The van der Waals surface area contributed by atoms with Gasteiger partial charge in [0.1, 0.15) is 17.4 Å². The fourth-order valence-electron chi connectivity index (χ4n) is 12.6. The number of phenolic OH excluding ortho intramolecular Hbond substituents is 1. The van der Waals surface area contributed by atoms with Crippen molar-refractivity contribution in [3.05, 3.63) is 233 Å². The fraction of sp³-hybridized carbons (Fsp3) is 0.286. The van der Waals surface area contributed by atoms with Crippen LogP contribution in [-0.4, -0.2) is 24.2 Å². The van der Waals surface area contributed by atoms with Crippen molar-refractivity contribution in [2.75, 3.05) is 0 Å². The Morgan fingerprint density at radius 1 is 0.385 bits per heavy atom. The van der Waals surface area contributed by atoms with Crippen molar-refractivity contribution in [3.63, 3.8) is 0 Å². The van der Waals surface area contributed by atoms with Gasteiger partial charge in [-0.05, 0) is 143 Å². The van der Waals surface area contributed by atoms with Crippen molar-refractivity contribution >= 4 is 32.8 Å². The van der Waals surface area contributed by atoms with Crippen LogP contribution in [0.1, 0.15) is 158 Å². The third-order valence-electron chi connectivity index (χ3n) is 18.1. The Balaban J connectivity index is 0.00000850. The predicted octanol–water partition coefficient (Wildman–Crippen LogP) is 22.9. The van der Waals surface area contributed by atoms with Crippen LogP contribution in [-0.2, 0) is 53.6 Å². The number of aromatic hydroxyl groups is 1. The summed E-state index contributed by atoms with van der Waals surface area (Å²) in [6.45, 7) is 40.9. The van der Waals surface area contributed by atoms with E-state index in [0.717, 1.165) is 100 Å². The first kappa shape index (κ1) is 64.4. The molecule has 0 fully saturated rings. The zero-order valence-corrected chi connectivity index (χ0v) is 58.6. The number of para-hydroxylation sites is 2. The van der Waals surface area contributed by atoms with Crippen LogP contribution in [0, 0.1) is 11.9 Å². The van der Waals surface area contributed by atoms with Crippen LogP contribution in [0.5, 0.6) is 5.75 Å². The van der Waals surface area contributed by atoms with Gasteiger partial charge in [0.15, 0.2) is 0 Å². The first-order chi connectivity index (χ1) is 42.2. The number of pyridine rings is 1. The number of hydrogen-bond donors (Lipinski definition) is 1. The molecule has 1 N–H and O–H groups in total. The molecule has 0 unspecified atom stereocenters. The van der Waals surface area contributed by atoms with Crippen molar-refractivity contribution in [2.45, 2.75) is 157 Å². The van der Waals surface area contributed by atoms with E-state index in [1.165, 1.54) is 39.6 Å². The van der Waals surface area contributed by atoms with E-state index in [2.05, 4.69) is 304 Å². The topological polar surface area (TPSA) is 55.9 Å². The van der Waals surface area contributed by atoms with E-state index in [4.69, 9.17) is 9.97 Å². The van der Waals surface area contributed by atoms with Gasteiger partial charge < -0.3 is 9.67 Å². The normalized spacial score (nSPS) is 12.7. The Morgan fingerprint density at radius 3 is 1.52 bits per heavy atom. The molecule has 3 aromatic heterocycles. The summed E-state index contributed by atoms with van der Waals surface area (Å²) in [6, 6.07) is 68.8. The van der Waals surface area contributed by atoms with Crippen molar-refractivity contribution in [3.8, 4) is 84.3 Å². The van der Waals surface area contributed by atoms with Gasteiger partial charge in [-0.2, -0.15) is 0 Å². The van der Waals surface area contributed by atoms with Crippen LogP contribution in [0.25, 0.3) is 111 Å². The maximum Gasteiger partial charge on any atom is 0.148 e. The second-order valence-corrected chi connectivity index (χ2v) is 31.2. The molecule has 0 radical (unpaired) electrons. The Morgan fingerprint density at radius 2 is 0.923 bits per heavy atom. The van der Waals surface area contributed by atoms with Gasteiger partial charge in [-0.1, -0.05) is 245 Å². The predicted molar refractivity (Wildman–Crippen MR) is 378 cm³/mol. The van der Waals surface area contributed by atoms with Gasteiger partial charge in [-0.3, -0.25) is 9.55 Å². The van der Waals surface area contributed by atoms with Crippen LogP contribution in [0.3, 0.4) is 0 Å². The molecule has 5 nitrogen and oxygen atoms in total. The smallest absolute Gasteiger partial charge is 0.148 e. The number of fused-ring (bicyclic) bond motifs is 4. The van der Waals surface area contributed by atoms with Gasteiger partial charge in [0.2, 0.25) is 0 Å². The summed E-state index contributed by atoms with van der Waals surface area (Å²) in [6.07, 6.45) is 1.94. The van der Waals surface area contributed by atoms with Gasteiger partial charge in [-0.15, -0.1) is 29.3 Å². The summed E-state index contributed by atoms with van der Waals surface area (Å²) >= 11 is 0. The molecule has 91 heavy (non-hydrogen) atoms. The van der Waals surface area contributed by atoms with E-state index >= 15 is 4.39 Å². The van der Waals surface area contributed by atoms with Crippen molar-refractivity contribution in [1.82, 2.24) is 19.1 Å². The Kier molecular flexibility index (Phi) is 16.4. The monoisotopic (exact) mass is 1380 g/mol. The summed E-state index contributed by atoms with van der Waals surface area (Å²) in [5, 5.41) is 14.3. The summed E-state index contributed by atoms with van der Waals surface area (Å²) < 4.78 is 19.9. The summed E-state index contributed by atoms with van der Waals surface area (Å²) in [7, 11) is 0. The average molecular weight is 1380 g/mol. The van der Waals surface area contributed by atoms with E-state index in [1.54, 1.807) is 6.07 Å². The molecule has 12 aromatic rings. The van der Waals surface area contributed by atoms with Gasteiger partial charge in [0.25, 0.3) is 0 Å².